The standard InChI is InChI=1S/C12H14O4/c1-15-7-8-16-12(14)6-5-10-3-2-4-11(13)9-10/h2-6,9,13H,7-8H2,1H3/b6-5+. The van der Waals surface area contributed by atoms with E-state index in [1.165, 1.54) is 13.2 Å². The minimum absolute atomic E-state index is 0.162. The summed E-state index contributed by atoms with van der Waals surface area (Å²) in [5.74, 6) is -0.268. The van der Waals surface area contributed by atoms with E-state index in [1.54, 1.807) is 30.3 Å². The van der Waals surface area contributed by atoms with Gasteiger partial charge in [0.25, 0.3) is 0 Å². The Kier molecular flexibility index (Phi) is 5.08. The zero-order chi connectivity index (χ0) is 11.8. The Hall–Kier alpha value is -1.81. The second-order valence-electron chi connectivity index (χ2n) is 3.09. The number of ether oxygens (including phenoxy) is 2. The van der Waals surface area contributed by atoms with Gasteiger partial charge in [-0.05, 0) is 23.8 Å². The lowest BCUT2D eigenvalue weighted by molar-refractivity contribution is -0.138. The number of hydrogen-bond donors (Lipinski definition) is 1. The van der Waals surface area contributed by atoms with Gasteiger partial charge in [0.15, 0.2) is 0 Å². The molecule has 0 aliphatic rings. The summed E-state index contributed by atoms with van der Waals surface area (Å²) >= 11 is 0. The van der Waals surface area contributed by atoms with Crippen LogP contribution in [0.1, 0.15) is 5.56 Å². The molecule has 0 saturated heterocycles. The molecule has 0 aliphatic heterocycles. The van der Waals surface area contributed by atoms with Gasteiger partial charge in [-0.2, -0.15) is 0 Å². The zero-order valence-electron chi connectivity index (χ0n) is 9.05. The van der Waals surface area contributed by atoms with E-state index in [0.717, 1.165) is 5.56 Å². The molecule has 0 aliphatic carbocycles. The monoisotopic (exact) mass is 222 g/mol. The van der Waals surface area contributed by atoms with Gasteiger partial charge < -0.3 is 14.6 Å². The molecule has 1 aromatic carbocycles. The van der Waals surface area contributed by atoms with Crippen LogP contribution in [0.4, 0.5) is 0 Å². The summed E-state index contributed by atoms with van der Waals surface area (Å²) < 4.78 is 9.56. The van der Waals surface area contributed by atoms with E-state index in [0.29, 0.717) is 6.61 Å². The van der Waals surface area contributed by atoms with Gasteiger partial charge in [0.1, 0.15) is 12.4 Å². The molecule has 0 radical (unpaired) electrons. The third kappa shape index (κ3) is 4.61. The summed E-state index contributed by atoms with van der Waals surface area (Å²) in [6.07, 6.45) is 2.89. The van der Waals surface area contributed by atoms with Gasteiger partial charge in [-0.15, -0.1) is 0 Å². The summed E-state index contributed by atoms with van der Waals surface area (Å²) in [4.78, 5) is 11.1. The molecule has 0 heterocycles. The van der Waals surface area contributed by atoms with Crippen LogP contribution in [-0.4, -0.2) is 31.4 Å². The minimum Gasteiger partial charge on any atom is -0.508 e. The molecule has 1 aromatic rings. The number of phenolic OH excluding ortho intramolecular Hbond substituents is 1. The van der Waals surface area contributed by atoms with Crippen molar-refractivity contribution in [2.45, 2.75) is 0 Å². The maximum Gasteiger partial charge on any atom is 0.330 e. The predicted octanol–water partition coefficient (Wildman–Crippen LogP) is 1.59. The molecule has 16 heavy (non-hydrogen) atoms. The van der Waals surface area contributed by atoms with Gasteiger partial charge in [-0.3, -0.25) is 0 Å². The van der Waals surface area contributed by atoms with E-state index in [1.807, 2.05) is 0 Å². The Morgan fingerprint density at radius 2 is 2.25 bits per heavy atom. The van der Waals surface area contributed by atoms with Crippen molar-refractivity contribution in [3.8, 4) is 5.75 Å². The highest BCUT2D eigenvalue weighted by atomic mass is 16.6. The summed E-state index contributed by atoms with van der Waals surface area (Å²) in [5, 5.41) is 9.19. The van der Waals surface area contributed by atoms with Crippen molar-refractivity contribution in [1.82, 2.24) is 0 Å². The number of carbonyl (C=O) groups is 1. The predicted molar refractivity (Wildman–Crippen MR) is 60.0 cm³/mol. The number of aromatic hydroxyl groups is 1. The number of phenols is 1. The maximum absolute atomic E-state index is 11.1. The van der Waals surface area contributed by atoms with Crippen molar-refractivity contribution in [3.05, 3.63) is 35.9 Å². The Balaban J connectivity index is 2.44. The molecule has 1 rings (SSSR count). The number of methoxy groups -OCH3 is 1. The highest BCUT2D eigenvalue weighted by Gasteiger charge is 1.96. The van der Waals surface area contributed by atoms with E-state index >= 15 is 0 Å². The van der Waals surface area contributed by atoms with Gasteiger partial charge in [0.05, 0.1) is 6.61 Å². The quantitative estimate of drug-likeness (QED) is 0.467. The van der Waals surface area contributed by atoms with Crippen LogP contribution in [0.15, 0.2) is 30.3 Å². The Morgan fingerprint density at radius 3 is 2.94 bits per heavy atom. The third-order valence-corrected chi connectivity index (χ3v) is 1.81. The smallest absolute Gasteiger partial charge is 0.330 e. The largest absolute Gasteiger partial charge is 0.508 e. The van der Waals surface area contributed by atoms with Crippen molar-refractivity contribution in [1.29, 1.82) is 0 Å². The zero-order valence-corrected chi connectivity index (χ0v) is 9.05. The van der Waals surface area contributed by atoms with E-state index in [2.05, 4.69) is 0 Å². The van der Waals surface area contributed by atoms with E-state index in [9.17, 15) is 9.90 Å². The summed E-state index contributed by atoms with van der Waals surface area (Å²) in [6, 6.07) is 6.59. The number of carbonyl (C=O) groups excluding carboxylic acids is 1. The first kappa shape index (κ1) is 12.3. The molecule has 4 heteroatoms. The number of hydrogen-bond acceptors (Lipinski definition) is 4. The first-order valence-electron chi connectivity index (χ1n) is 4.85. The highest BCUT2D eigenvalue weighted by molar-refractivity contribution is 5.87. The van der Waals surface area contributed by atoms with Gasteiger partial charge in [0.2, 0.25) is 0 Å². The average Bonchev–Trinajstić information content (AvgIpc) is 2.27. The van der Waals surface area contributed by atoms with E-state index in [4.69, 9.17) is 9.47 Å². The fourth-order valence-electron chi connectivity index (χ4n) is 1.07. The average molecular weight is 222 g/mol. The first-order chi connectivity index (χ1) is 7.72. The Bertz CT molecular complexity index is 371. The molecule has 0 atom stereocenters. The van der Waals surface area contributed by atoms with Crippen LogP contribution < -0.4 is 0 Å². The molecule has 4 nitrogen and oxygen atoms in total. The number of rotatable bonds is 5. The SMILES string of the molecule is COCCOC(=O)/C=C/c1cccc(O)c1. The van der Waals surface area contributed by atoms with Crippen LogP contribution in [-0.2, 0) is 14.3 Å². The summed E-state index contributed by atoms with van der Waals surface area (Å²) in [5.41, 5.74) is 0.740. The maximum atomic E-state index is 11.1. The Morgan fingerprint density at radius 1 is 1.44 bits per heavy atom. The third-order valence-electron chi connectivity index (χ3n) is 1.81. The molecule has 0 unspecified atom stereocenters. The molecule has 0 fully saturated rings. The van der Waals surface area contributed by atoms with Gasteiger partial charge >= 0.3 is 5.97 Å². The topological polar surface area (TPSA) is 55.8 Å². The lowest BCUT2D eigenvalue weighted by atomic mass is 10.2. The minimum atomic E-state index is -0.430. The molecule has 1 N–H and O–H groups in total. The van der Waals surface area contributed by atoms with Gasteiger partial charge in [0, 0.05) is 13.2 Å². The van der Waals surface area contributed by atoms with Crippen LogP contribution >= 0.6 is 0 Å². The van der Waals surface area contributed by atoms with E-state index < -0.39 is 5.97 Å². The van der Waals surface area contributed by atoms with Crippen LogP contribution in [0.2, 0.25) is 0 Å². The van der Waals surface area contributed by atoms with Crippen LogP contribution in [0.5, 0.6) is 5.75 Å². The summed E-state index contributed by atoms with van der Waals surface area (Å²) in [7, 11) is 1.54. The fraction of sp³-hybridized carbons (Fsp3) is 0.250. The molecule has 0 spiro atoms. The fourth-order valence-corrected chi connectivity index (χ4v) is 1.07. The summed E-state index contributed by atoms with van der Waals surface area (Å²) in [6.45, 7) is 0.616. The molecule has 0 aromatic heterocycles. The van der Waals surface area contributed by atoms with Crippen molar-refractivity contribution >= 4 is 12.0 Å². The molecule has 0 bridgehead atoms. The molecular weight excluding hydrogens is 208 g/mol. The van der Waals surface area contributed by atoms with Crippen LogP contribution in [0.3, 0.4) is 0 Å². The molecular formula is C12H14O4. The van der Waals surface area contributed by atoms with Crippen molar-refractivity contribution in [3.63, 3.8) is 0 Å². The first-order valence-corrected chi connectivity index (χ1v) is 4.85. The molecule has 0 amide bonds. The van der Waals surface area contributed by atoms with Crippen molar-refractivity contribution < 1.29 is 19.4 Å². The second kappa shape index (κ2) is 6.63. The van der Waals surface area contributed by atoms with Gasteiger partial charge in [-0.25, -0.2) is 4.79 Å². The lowest BCUT2D eigenvalue weighted by Gasteiger charge is -1.99. The van der Waals surface area contributed by atoms with E-state index in [-0.39, 0.29) is 12.4 Å². The Labute approximate surface area is 94.1 Å². The second-order valence-corrected chi connectivity index (χ2v) is 3.09. The lowest BCUT2D eigenvalue weighted by Crippen LogP contribution is -2.06. The number of benzene rings is 1. The van der Waals surface area contributed by atoms with Crippen LogP contribution in [0, 0.1) is 0 Å². The molecule has 86 valence electrons. The van der Waals surface area contributed by atoms with Crippen molar-refractivity contribution in [2.24, 2.45) is 0 Å². The molecule has 0 saturated carbocycles. The highest BCUT2D eigenvalue weighted by Crippen LogP contribution is 2.11. The van der Waals surface area contributed by atoms with Crippen molar-refractivity contribution in [2.75, 3.05) is 20.3 Å². The van der Waals surface area contributed by atoms with Crippen LogP contribution in [0.25, 0.3) is 6.08 Å². The number of esters is 1. The normalized spacial score (nSPS) is 10.6. The van der Waals surface area contributed by atoms with Gasteiger partial charge in [-0.1, -0.05) is 12.1 Å².